The molecule has 0 aromatic carbocycles. The number of aromatic nitrogens is 1. The zero-order chi connectivity index (χ0) is 12.1. The van der Waals surface area contributed by atoms with Crippen molar-refractivity contribution in [2.24, 2.45) is 0 Å². The molecule has 16 heavy (non-hydrogen) atoms. The van der Waals surface area contributed by atoms with E-state index in [-0.39, 0.29) is 18.6 Å². The molecule has 0 amide bonds. The van der Waals surface area contributed by atoms with E-state index in [0.29, 0.717) is 10.8 Å². The van der Waals surface area contributed by atoms with Gasteiger partial charge in [0, 0.05) is 13.2 Å². The van der Waals surface area contributed by atoms with Crippen molar-refractivity contribution in [1.29, 1.82) is 0 Å². The summed E-state index contributed by atoms with van der Waals surface area (Å²) in [4.78, 5) is 17.2. The van der Waals surface area contributed by atoms with Crippen molar-refractivity contribution >= 4 is 23.4 Å². The number of pyridine rings is 1. The van der Waals surface area contributed by atoms with Crippen LogP contribution in [0.25, 0.3) is 0 Å². The molecule has 0 fully saturated rings. The molecule has 0 spiro atoms. The predicted molar refractivity (Wildman–Crippen MR) is 63.7 cm³/mol. The minimum absolute atomic E-state index is 0.0981. The number of hydrogen-bond donors (Lipinski definition) is 0. The molecule has 0 radical (unpaired) electrons. The van der Waals surface area contributed by atoms with Gasteiger partial charge in [-0.3, -0.25) is 4.79 Å². The Morgan fingerprint density at radius 1 is 1.56 bits per heavy atom. The first-order valence-electron chi connectivity index (χ1n) is 5.01. The lowest BCUT2D eigenvalue weighted by Crippen LogP contribution is -2.29. The van der Waals surface area contributed by atoms with Crippen LogP contribution in [0, 0.1) is 0 Å². The molecule has 1 heterocycles. The summed E-state index contributed by atoms with van der Waals surface area (Å²) >= 11 is 5.72. The van der Waals surface area contributed by atoms with Crippen LogP contribution in [0.3, 0.4) is 0 Å². The highest BCUT2D eigenvalue weighted by molar-refractivity contribution is 6.30. The molecule has 0 N–H and O–H groups in total. The summed E-state index contributed by atoms with van der Waals surface area (Å²) in [5, 5.41) is 0.571. The third-order valence-electron chi connectivity index (χ3n) is 1.84. The van der Waals surface area contributed by atoms with E-state index in [0.717, 1.165) is 0 Å². The Bertz CT molecular complexity index is 352. The molecule has 4 nitrogen and oxygen atoms in total. The third-order valence-corrected chi connectivity index (χ3v) is 2.06. The smallest absolute Gasteiger partial charge is 0.325 e. The molecule has 88 valence electrons. The number of ether oxygens (including phenoxy) is 1. The molecule has 0 bridgehead atoms. The fraction of sp³-hybridized carbons (Fsp3) is 0.455. The van der Waals surface area contributed by atoms with Gasteiger partial charge < -0.3 is 9.64 Å². The van der Waals surface area contributed by atoms with Crippen molar-refractivity contribution < 1.29 is 9.53 Å². The summed E-state index contributed by atoms with van der Waals surface area (Å²) in [7, 11) is 1.78. The van der Waals surface area contributed by atoms with Gasteiger partial charge in [-0.1, -0.05) is 11.6 Å². The maximum atomic E-state index is 11.4. The zero-order valence-electron chi connectivity index (χ0n) is 9.61. The maximum absolute atomic E-state index is 11.4. The number of rotatable bonds is 4. The Labute approximate surface area is 100 Å². The van der Waals surface area contributed by atoms with Crippen molar-refractivity contribution in [2.45, 2.75) is 20.0 Å². The summed E-state index contributed by atoms with van der Waals surface area (Å²) in [6, 6.07) is 3.49. The second kappa shape index (κ2) is 5.70. The number of carbonyl (C=O) groups is 1. The Hall–Kier alpha value is -1.29. The molecule has 1 rings (SSSR count). The highest BCUT2D eigenvalue weighted by atomic mass is 35.5. The van der Waals surface area contributed by atoms with Crippen LogP contribution in [-0.2, 0) is 9.53 Å². The van der Waals surface area contributed by atoms with Gasteiger partial charge in [0.05, 0.1) is 11.1 Å². The summed E-state index contributed by atoms with van der Waals surface area (Å²) in [6.45, 7) is 3.81. The van der Waals surface area contributed by atoms with Crippen molar-refractivity contribution in [1.82, 2.24) is 4.98 Å². The van der Waals surface area contributed by atoms with Crippen LogP contribution in [0.15, 0.2) is 18.3 Å². The first-order valence-corrected chi connectivity index (χ1v) is 5.39. The molecular formula is C11H15ClN2O2. The normalized spacial score (nSPS) is 10.3. The van der Waals surface area contributed by atoms with Crippen molar-refractivity contribution in [3.8, 4) is 0 Å². The molecule has 0 atom stereocenters. The van der Waals surface area contributed by atoms with Gasteiger partial charge in [-0.25, -0.2) is 4.98 Å². The summed E-state index contributed by atoms with van der Waals surface area (Å²) < 4.78 is 5.03. The molecule has 1 aromatic heterocycles. The van der Waals surface area contributed by atoms with Gasteiger partial charge in [-0.2, -0.15) is 0 Å². The van der Waals surface area contributed by atoms with Gasteiger partial charge in [0.25, 0.3) is 0 Å². The molecule has 5 heteroatoms. The molecule has 0 aliphatic carbocycles. The zero-order valence-corrected chi connectivity index (χ0v) is 10.4. The minimum atomic E-state index is -0.269. The standard InChI is InChI=1S/C11H15ClN2O2/c1-8(2)16-11(15)7-14(3)10-5-4-9(12)6-13-10/h4-6,8H,7H2,1-3H3. The molecule has 0 aliphatic rings. The lowest BCUT2D eigenvalue weighted by Gasteiger charge is -2.17. The third kappa shape index (κ3) is 4.06. The van der Waals surface area contributed by atoms with Gasteiger partial charge >= 0.3 is 5.97 Å². The lowest BCUT2D eigenvalue weighted by atomic mass is 10.4. The number of halogens is 1. The van der Waals surface area contributed by atoms with E-state index in [9.17, 15) is 4.79 Å². The number of anilines is 1. The fourth-order valence-corrected chi connectivity index (χ4v) is 1.28. The van der Waals surface area contributed by atoms with Crippen LogP contribution in [-0.4, -0.2) is 30.6 Å². The Morgan fingerprint density at radius 2 is 2.25 bits per heavy atom. The SMILES string of the molecule is CC(C)OC(=O)CN(C)c1ccc(Cl)cn1. The van der Waals surface area contributed by atoms with Crippen LogP contribution >= 0.6 is 11.6 Å². The average Bonchev–Trinajstić information content (AvgIpc) is 2.16. The number of nitrogens with zero attached hydrogens (tertiary/aromatic N) is 2. The van der Waals surface area contributed by atoms with E-state index in [2.05, 4.69) is 4.98 Å². The second-order valence-corrected chi connectivity index (χ2v) is 4.17. The highest BCUT2D eigenvalue weighted by Crippen LogP contribution is 2.12. The van der Waals surface area contributed by atoms with Gasteiger partial charge in [0.2, 0.25) is 0 Å². The van der Waals surface area contributed by atoms with E-state index in [4.69, 9.17) is 16.3 Å². The number of esters is 1. The van der Waals surface area contributed by atoms with Crippen molar-refractivity contribution in [3.05, 3.63) is 23.4 Å². The second-order valence-electron chi connectivity index (χ2n) is 3.73. The quantitative estimate of drug-likeness (QED) is 0.759. The largest absolute Gasteiger partial charge is 0.462 e. The number of likely N-dealkylation sites (N-methyl/N-ethyl adjacent to an activating group) is 1. The van der Waals surface area contributed by atoms with Gasteiger partial charge in [0.1, 0.15) is 12.4 Å². The van der Waals surface area contributed by atoms with E-state index >= 15 is 0 Å². The Morgan fingerprint density at radius 3 is 2.75 bits per heavy atom. The lowest BCUT2D eigenvalue weighted by molar-refractivity contribution is -0.145. The first-order chi connectivity index (χ1) is 7.49. The van der Waals surface area contributed by atoms with E-state index in [1.165, 1.54) is 0 Å². The first kappa shape index (κ1) is 12.8. The predicted octanol–water partition coefficient (Wildman–Crippen LogP) is 2.12. The van der Waals surface area contributed by atoms with Crippen LogP contribution in [0.5, 0.6) is 0 Å². The molecule has 0 saturated carbocycles. The molecule has 0 aliphatic heterocycles. The number of hydrogen-bond acceptors (Lipinski definition) is 4. The molecule has 1 aromatic rings. The topological polar surface area (TPSA) is 42.4 Å². The summed E-state index contributed by atoms with van der Waals surface area (Å²) in [6.07, 6.45) is 1.44. The van der Waals surface area contributed by atoms with Crippen molar-refractivity contribution in [2.75, 3.05) is 18.5 Å². The van der Waals surface area contributed by atoms with E-state index in [1.54, 1.807) is 30.3 Å². The molecule has 0 saturated heterocycles. The van der Waals surface area contributed by atoms with Gasteiger partial charge in [0.15, 0.2) is 0 Å². The average molecular weight is 243 g/mol. The van der Waals surface area contributed by atoms with Gasteiger partial charge in [-0.05, 0) is 26.0 Å². The fourth-order valence-electron chi connectivity index (χ4n) is 1.17. The van der Waals surface area contributed by atoms with Crippen molar-refractivity contribution in [3.63, 3.8) is 0 Å². The van der Waals surface area contributed by atoms with Crippen LogP contribution in [0.1, 0.15) is 13.8 Å². The van der Waals surface area contributed by atoms with Crippen LogP contribution in [0.2, 0.25) is 5.02 Å². The van der Waals surface area contributed by atoms with Gasteiger partial charge in [-0.15, -0.1) is 0 Å². The Kier molecular flexibility index (Phi) is 4.55. The monoisotopic (exact) mass is 242 g/mol. The van der Waals surface area contributed by atoms with Crippen LogP contribution in [0.4, 0.5) is 5.82 Å². The maximum Gasteiger partial charge on any atom is 0.325 e. The van der Waals surface area contributed by atoms with E-state index in [1.807, 2.05) is 13.8 Å². The van der Waals surface area contributed by atoms with Crippen LogP contribution < -0.4 is 4.90 Å². The highest BCUT2D eigenvalue weighted by Gasteiger charge is 2.10. The Balaban J connectivity index is 2.55. The molecule has 0 unspecified atom stereocenters. The summed E-state index contributed by atoms with van der Waals surface area (Å²) in [5.41, 5.74) is 0. The summed E-state index contributed by atoms with van der Waals surface area (Å²) in [5.74, 6) is 0.416. The minimum Gasteiger partial charge on any atom is -0.462 e. The molecular weight excluding hydrogens is 228 g/mol. The number of carbonyl (C=O) groups excluding carboxylic acids is 1. The van der Waals surface area contributed by atoms with E-state index < -0.39 is 0 Å².